The van der Waals surface area contributed by atoms with Gasteiger partial charge in [0.25, 0.3) is 11.8 Å². The lowest BCUT2D eigenvalue weighted by atomic mass is 10.1. The maximum Gasteiger partial charge on any atom is 0.261 e. The monoisotopic (exact) mass is 395 g/mol. The number of imide groups is 1. The van der Waals surface area contributed by atoms with Gasteiger partial charge in [-0.3, -0.25) is 14.5 Å². The Bertz CT molecular complexity index is 964. The third-order valence-corrected chi connectivity index (χ3v) is 4.73. The van der Waals surface area contributed by atoms with Gasteiger partial charge in [-0.15, -0.1) is 0 Å². The maximum atomic E-state index is 12.3. The van der Waals surface area contributed by atoms with Crippen LogP contribution in [0.2, 0.25) is 0 Å². The molecule has 0 fully saturated rings. The van der Waals surface area contributed by atoms with E-state index in [4.69, 9.17) is 4.74 Å². The molecule has 1 heterocycles. The number of benzene rings is 3. The standard InChI is InChI=1S/C20H14BrNO3/c21-15-7-5-14-12-16(8-6-13(14)11-15)25-10-9-22-19(23)17-3-1-2-4-18(17)20(22)24/h1-8,11-12H,9-10H2. The van der Waals surface area contributed by atoms with Gasteiger partial charge in [0, 0.05) is 4.47 Å². The van der Waals surface area contributed by atoms with Crippen LogP contribution < -0.4 is 4.74 Å². The summed E-state index contributed by atoms with van der Waals surface area (Å²) in [6.07, 6.45) is 0. The largest absolute Gasteiger partial charge is 0.492 e. The van der Waals surface area contributed by atoms with E-state index in [0.29, 0.717) is 16.9 Å². The highest BCUT2D eigenvalue weighted by atomic mass is 79.9. The van der Waals surface area contributed by atoms with E-state index >= 15 is 0 Å². The molecule has 25 heavy (non-hydrogen) atoms. The Morgan fingerprint density at radius 1 is 0.840 bits per heavy atom. The number of carbonyl (C=O) groups excluding carboxylic acids is 2. The lowest BCUT2D eigenvalue weighted by Crippen LogP contribution is -2.33. The SMILES string of the molecule is O=C1c2ccccc2C(=O)N1CCOc1ccc2cc(Br)ccc2c1. The zero-order chi connectivity index (χ0) is 17.4. The van der Waals surface area contributed by atoms with Gasteiger partial charge < -0.3 is 4.74 Å². The summed E-state index contributed by atoms with van der Waals surface area (Å²) in [5.74, 6) is 0.201. The maximum absolute atomic E-state index is 12.3. The number of amides is 2. The van der Waals surface area contributed by atoms with Crippen LogP contribution in [0.4, 0.5) is 0 Å². The van der Waals surface area contributed by atoms with Gasteiger partial charge in [0.2, 0.25) is 0 Å². The summed E-state index contributed by atoms with van der Waals surface area (Å²) in [6.45, 7) is 0.484. The van der Waals surface area contributed by atoms with Crippen molar-refractivity contribution >= 4 is 38.5 Å². The van der Waals surface area contributed by atoms with Gasteiger partial charge in [0.05, 0.1) is 17.7 Å². The highest BCUT2D eigenvalue weighted by molar-refractivity contribution is 9.10. The molecule has 0 spiro atoms. The van der Waals surface area contributed by atoms with Crippen LogP contribution in [0.1, 0.15) is 20.7 Å². The van der Waals surface area contributed by atoms with Crippen LogP contribution in [0.15, 0.2) is 65.1 Å². The molecule has 0 saturated heterocycles. The molecule has 3 aromatic rings. The Labute approximate surface area is 153 Å². The molecule has 5 heteroatoms. The lowest BCUT2D eigenvalue weighted by Gasteiger charge is -2.14. The van der Waals surface area contributed by atoms with Crippen LogP contribution in [0, 0.1) is 0 Å². The fraction of sp³-hybridized carbons (Fsp3) is 0.100. The number of halogens is 1. The molecule has 4 rings (SSSR count). The molecule has 0 bridgehead atoms. The van der Waals surface area contributed by atoms with Gasteiger partial charge in [-0.1, -0.05) is 40.2 Å². The smallest absolute Gasteiger partial charge is 0.261 e. The quantitative estimate of drug-likeness (QED) is 0.619. The summed E-state index contributed by atoms with van der Waals surface area (Å²) in [7, 11) is 0. The molecule has 1 aliphatic rings. The Kier molecular flexibility index (Phi) is 4.01. The number of ether oxygens (including phenoxy) is 1. The van der Waals surface area contributed by atoms with E-state index in [1.54, 1.807) is 24.3 Å². The van der Waals surface area contributed by atoms with Crippen molar-refractivity contribution in [2.45, 2.75) is 0 Å². The molecule has 3 aromatic carbocycles. The Morgan fingerprint density at radius 2 is 1.48 bits per heavy atom. The van der Waals surface area contributed by atoms with Crippen molar-refractivity contribution < 1.29 is 14.3 Å². The molecular formula is C20H14BrNO3. The zero-order valence-corrected chi connectivity index (χ0v) is 14.8. The zero-order valence-electron chi connectivity index (χ0n) is 13.2. The molecule has 2 amide bonds. The van der Waals surface area contributed by atoms with E-state index in [2.05, 4.69) is 15.9 Å². The summed E-state index contributed by atoms with van der Waals surface area (Å²) in [6, 6.07) is 18.7. The summed E-state index contributed by atoms with van der Waals surface area (Å²) in [4.78, 5) is 25.8. The normalized spacial score (nSPS) is 13.4. The third kappa shape index (κ3) is 2.91. The van der Waals surface area contributed by atoms with Crippen LogP contribution in [0.5, 0.6) is 5.75 Å². The first-order valence-corrected chi connectivity index (χ1v) is 8.70. The lowest BCUT2D eigenvalue weighted by molar-refractivity contribution is 0.0631. The van der Waals surface area contributed by atoms with Gasteiger partial charge in [-0.2, -0.15) is 0 Å². The Balaban J connectivity index is 1.44. The van der Waals surface area contributed by atoms with Crippen LogP contribution in [0.25, 0.3) is 10.8 Å². The summed E-state index contributed by atoms with van der Waals surface area (Å²) in [5.41, 5.74) is 0.924. The minimum Gasteiger partial charge on any atom is -0.492 e. The number of carbonyl (C=O) groups is 2. The average molecular weight is 396 g/mol. The van der Waals surface area contributed by atoms with Crippen LogP contribution in [-0.4, -0.2) is 29.9 Å². The molecule has 1 aliphatic heterocycles. The van der Waals surface area contributed by atoms with Crippen molar-refractivity contribution in [3.63, 3.8) is 0 Å². The number of rotatable bonds is 4. The van der Waals surface area contributed by atoms with Crippen molar-refractivity contribution in [3.05, 3.63) is 76.3 Å². The van der Waals surface area contributed by atoms with Crippen LogP contribution in [0.3, 0.4) is 0 Å². The van der Waals surface area contributed by atoms with Gasteiger partial charge in [-0.05, 0) is 47.2 Å². The summed E-state index contributed by atoms with van der Waals surface area (Å²) >= 11 is 3.45. The topological polar surface area (TPSA) is 46.6 Å². The summed E-state index contributed by atoms with van der Waals surface area (Å²) in [5, 5.41) is 2.18. The van der Waals surface area contributed by atoms with Gasteiger partial charge in [-0.25, -0.2) is 0 Å². The Hall–Kier alpha value is -2.66. The predicted octanol–water partition coefficient (Wildman–Crippen LogP) is 4.28. The molecule has 4 nitrogen and oxygen atoms in total. The second kappa shape index (κ2) is 6.33. The highest BCUT2D eigenvalue weighted by Gasteiger charge is 2.34. The Morgan fingerprint density at radius 3 is 2.20 bits per heavy atom. The van der Waals surface area contributed by atoms with Gasteiger partial charge in [0.1, 0.15) is 12.4 Å². The molecule has 0 saturated carbocycles. The molecule has 0 atom stereocenters. The fourth-order valence-corrected chi connectivity index (χ4v) is 3.36. The second-order valence-electron chi connectivity index (χ2n) is 5.81. The number of hydrogen-bond acceptors (Lipinski definition) is 3. The molecule has 0 N–H and O–H groups in total. The van der Waals surface area contributed by atoms with Crippen LogP contribution >= 0.6 is 15.9 Å². The third-order valence-electron chi connectivity index (χ3n) is 4.24. The number of hydrogen-bond donors (Lipinski definition) is 0. The van der Waals surface area contributed by atoms with Crippen molar-refractivity contribution in [2.24, 2.45) is 0 Å². The highest BCUT2D eigenvalue weighted by Crippen LogP contribution is 2.25. The van der Waals surface area contributed by atoms with Gasteiger partial charge in [0.15, 0.2) is 0 Å². The fourth-order valence-electron chi connectivity index (χ4n) is 2.98. The first-order chi connectivity index (χ1) is 12.1. The van der Waals surface area contributed by atoms with E-state index in [1.807, 2.05) is 36.4 Å². The van der Waals surface area contributed by atoms with E-state index in [0.717, 1.165) is 15.2 Å². The van der Waals surface area contributed by atoms with Crippen molar-refractivity contribution in [3.8, 4) is 5.75 Å². The second-order valence-corrected chi connectivity index (χ2v) is 6.72. The minimum atomic E-state index is -0.257. The predicted molar refractivity (Wildman–Crippen MR) is 99.0 cm³/mol. The minimum absolute atomic E-state index is 0.227. The van der Waals surface area contributed by atoms with E-state index in [9.17, 15) is 9.59 Å². The molecule has 0 aromatic heterocycles. The number of nitrogens with zero attached hydrogens (tertiary/aromatic N) is 1. The van der Waals surface area contributed by atoms with E-state index in [-0.39, 0.29) is 25.0 Å². The first-order valence-electron chi connectivity index (χ1n) is 7.91. The molecule has 124 valence electrons. The van der Waals surface area contributed by atoms with E-state index < -0.39 is 0 Å². The number of fused-ring (bicyclic) bond motifs is 2. The first kappa shape index (κ1) is 15.8. The molecule has 0 unspecified atom stereocenters. The van der Waals surface area contributed by atoms with Crippen LogP contribution in [-0.2, 0) is 0 Å². The molecular weight excluding hydrogens is 382 g/mol. The van der Waals surface area contributed by atoms with Crippen molar-refractivity contribution in [1.29, 1.82) is 0 Å². The van der Waals surface area contributed by atoms with Gasteiger partial charge >= 0.3 is 0 Å². The van der Waals surface area contributed by atoms with Crippen molar-refractivity contribution in [1.82, 2.24) is 4.90 Å². The molecule has 0 radical (unpaired) electrons. The summed E-state index contributed by atoms with van der Waals surface area (Å²) < 4.78 is 6.77. The van der Waals surface area contributed by atoms with E-state index in [1.165, 1.54) is 4.90 Å². The molecule has 0 aliphatic carbocycles. The average Bonchev–Trinajstić information content (AvgIpc) is 2.87. The van der Waals surface area contributed by atoms with Crippen molar-refractivity contribution in [2.75, 3.05) is 13.2 Å².